The number of benzene rings is 1. The van der Waals surface area contributed by atoms with Gasteiger partial charge in [-0.1, -0.05) is 26.0 Å². The minimum Gasteiger partial charge on any atom is -0.491 e. The van der Waals surface area contributed by atoms with E-state index in [1.165, 1.54) is 31.6 Å². The predicted octanol–water partition coefficient (Wildman–Crippen LogP) is 3.30. The highest BCUT2D eigenvalue weighted by molar-refractivity contribution is 5.59. The van der Waals surface area contributed by atoms with Crippen molar-refractivity contribution in [2.75, 3.05) is 37.7 Å². The number of rotatable bonds is 3. The fraction of sp³-hybridized carbons (Fsp3) is 0.667. The molecule has 2 heterocycles. The molecule has 21 heavy (non-hydrogen) atoms. The first-order valence-corrected chi connectivity index (χ1v) is 8.34. The van der Waals surface area contributed by atoms with Crippen LogP contribution < -0.4 is 15.0 Å². The van der Waals surface area contributed by atoms with Crippen molar-refractivity contribution < 1.29 is 4.74 Å². The Bertz CT molecular complexity index is 466. The van der Waals surface area contributed by atoms with Gasteiger partial charge in [0.15, 0.2) is 0 Å². The molecule has 0 bridgehead atoms. The lowest BCUT2D eigenvalue weighted by Gasteiger charge is -2.41. The lowest BCUT2D eigenvalue weighted by atomic mass is 9.74. The second-order valence-electron chi connectivity index (χ2n) is 7.12. The first-order valence-electron chi connectivity index (χ1n) is 8.34. The molecule has 3 nitrogen and oxygen atoms in total. The fourth-order valence-electron chi connectivity index (χ4n) is 3.70. The summed E-state index contributed by atoms with van der Waals surface area (Å²) in [6, 6.07) is 8.49. The molecule has 0 aliphatic carbocycles. The maximum atomic E-state index is 5.88. The monoisotopic (exact) mass is 288 g/mol. The summed E-state index contributed by atoms with van der Waals surface area (Å²) >= 11 is 0. The number of hydrogen-bond donors (Lipinski definition) is 1. The van der Waals surface area contributed by atoms with E-state index in [0.29, 0.717) is 5.41 Å². The molecule has 0 aromatic heterocycles. The Morgan fingerprint density at radius 3 is 2.95 bits per heavy atom. The van der Waals surface area contributed by atoms with Gasteiger partial charge in [0.25, 0.3) is 0 Å². The third-order valence-electron chi connectivity index (χ3n) is 5.04. The topological polar surface area (TPSA) is 24.5 Å². The number of fused-ring (bicyclic) bond motifs is 1. The Morgan fingerprint density at radius 1 is 1.29 bits per heavy atom. The van der Waals surface area contributed by atoms with Crippen LogP contribution in [0.5, 0.6) is 5.75 Å². The van der Waals surface area contributed by atoms with E-state index in [1.807, 2.05) is 0 Å². The van der Waals surface area contributed by atoms with Crippen molar-refractivity contribution >= 4 is 5.69 Å². The molecule has 3 heteroatoms. The van der Waals surface area contributed by atoms with Crippen LogP contribution in [0.2, 0.25) is 0 Å². The zero-order valence-electron chi connectivity index (χ0n) is 13.4. The standard InChI is InChI=1S/C18H28N2O/c1-18(2,15-7-5-10-19-13-15)14-20-11-6-12-21-17-9-4-3-8-16(17)20/h3-4,8-9,15,19H,5-7,10-14H2,1-2H3. The molecule has 0 spiro atoms. The third-order valence-corrected chi connectivity index (χ3v) is 5.04. The van der Waals surface area contributed by atoms with E-state index in [9.17, 15) is 0 Å². The Hall–Kier alpha value is -1.22. The number of anilines is 1. The van der Waals surface area contributed by atoms with E-state index in [1.54, 1.807) is 0 Å². The number of para-hydroxylation sites is 2. The van der Waals surface area contributed by atoms with Gasteiger partial charge in [0, 0.05) is 13.1 Å². The number of ether oxygens (including phenoxy) is 1. The van der Waals surface area contributed by atoms with Crippen LogP contribution in [0, 0.1) is 11.3 Å². The molecule has 3 rings (SSSR count). The molecule has 1 N–H and O–H groups in total. The smallest absolute Gasteiger partial charge is 0.142 e. The third kappa shape index (κ3) is 3.34. The zero-order chi connectivity index (χ0) is 14.7. The van der Waals surface area contributed by atoms with Crippen LogP contribution in [0.3, 0.4) is 0 Å². The van der Waals surface area contributed by atoms with Gasteiger partial charge in [-0.25, -0.2) is 0 Å². The van der Waals surface area contributed by atoms with Crippen molar-refractivity contribution in [3.8, 4) is 5.75 Å². The molecule has 1 unspecified atom stereocenters. The molecular weight excluding hydrogens is 260 g/mol. The van der Waals surface area contributed by atoms with E-state index in [0.717, 1.165) is 37.8 Å². The van der Waals surface area contributed by atoms with Gasteiger partial charge in [0.05, 0.1) is 12.3 Å². The average molecular weight is 288 g/mol. The summed E-state index contributed by atoms with van der Waals surface area (Å²) in [7, 11) is 0. The molecule has 1 atom stereocenters. The van der Waals surface area contributed by atoms with Crippen LogP contribution in [-0.2, 0) is 0 Å². The first-order chi connectivity index (χ1) is 10.2. The molecule has 116 valence electrons. The molecule has 1 fully saturated rings. The highest BCUT2D eigenvalue weighted by atomic mass is 16.5. The van der Waals surface area contributed by atoms with Crippen molar-refractivity contribution in [3.63, 3.8) is 0 Å². The van der Waals surface area contributed by atoms with E-state index in [-0.39, 0.29) is 0 Å². The Labute approximate surface area is 128 Å². The van der Waals surface area contributed by atoms with Gasteiger partial charge >= 0.3 is 0 Å². The van der Waals surface area contributed by atoms with Crippen molar-refractivity contribution in [2.24, 2.45) is 11.3 Å². The molecule has 1 saturated heterocycles. The molecule has 1 aromatic rings. The van der Waals surface area contributed by atoms with E-state index >= 15 is 0 Å². The molecular formula is C18H28N2O. The summed E-state index contributed by atoms with van der Waals surface area (Å²) in [5, 5.41) is 3.57. The van der Waals surface area contributed by atoms with Crippen molar-refractivity contribution in [1.29, 1.82) is 0 Å². The zero-order valence-corrected chi connectivity index (χ0v) is 13.4. The van der Waals surface area contributed by atoms with Gasteiger partial charge in [-0.2, -0.15) is 0 Å². The minimum absolute atomic E-state index is 0.324. The summed E-state index contributed by atoms with van der Waals surface area (Å²) in [4.78, 5) is 2.54. The van der Waals surface area contributed by atoms with Crippen molar-refractivity contribution in [1.82, 2.24) is 5.32 Å². The largest absolute Gasteiger partial charge is 0.491 e. The molecule has 1 aromatic carbocycles. The van der Waals surface area contributed by atoms with Crippen LogP contribution in [0.1, 0.15) is 33.1 Å². The van der Waals surface area contributed by atoms with Crippen molar-refractivity contribution in [3.05, 3.63) is 24.3 Å². The van der Waals surface area contributed by atoms with Crippen LogP contribution in [-0.4, -0.2) is 32.8 Å². The van der Waals surface area contributed by atoms with Crippen molar-refractivity contribution in [2.45, 2.75) is 33.1 Å². The van der Waals surface area contributed by atoms with Gasteiger partial charge < -0.3 is 15.0 Å². The average Bonchev–Trinajstić information content (AvgIpc) is 2.71. The summed E-state index contributed by atoms with van der Waals surface area (Å²) in [5.41, 5.74) is 1.59. The van der Waals surface area contributed by atoms with Gasteiger partial charge in [-0.05, 0) is 55.8 Å². The van der Waals surface area contributed by atoms with Crippen LogP contribution >= 0.6 is 0 Å². The minimum atomic E-state index is 0.324. The molecule has 0 radical (unpaired) electrons. The maximum absolute atomic E-state index is 5.88. The second kappa shape index (κ2) is 6.27. The van der Waals surface area contributed by atoms with Crippen LogP contribution in [0.25, 0.3) is 0 Å². The van der Waals surface area contributed by atoms with Gasteiger partial charge in [-0.15, -0.1) is 0 Å². The highest BCUT2D eigenvalue weighted by Crippen LogP contribution is 2.37. The first kappa shape index (κ1) is 14.7. The summed E-state index contributed by atoms with van der Waals surface area (Å²) in [6.45, 7) is 10.3. The summed E-state index contributed by atoms with van der Waals surface area (Å²) < 4.78 is 5.88. The normalized spacial score (nSPS) is 23.1. The summed E-state index contributed by atoms with van der Waals surface area (Å²) in [6.07, 6.45) is 3.77. The number of nitrogens with one attached hydrogen (secondary N) is 1. The highest BCUT2D eigenvalue weighted by Gasteiger charge is 2.33. The Kier molecular flexibility index (Phi) is 4.39. The molecule has 2 aliphatic heterocycles. The maximum Gasteiger partial charge on any atom is 0.142 e. The number of hydrogen-bond acceptors (Lipinski definition) is 3. The molecule has 2 aliphatic rings. The lowest BCUT2D eigenvalue weighted by molar-refractivity contribution is 0.176. The van der Waals surface area contributed by atoms with Crippen LogP contribution in [0.15, 0.2) is 24.3 Å². The van der Waals surface area contributed by atoms with E-state index < -0.39 is 0 Å². The quantitative estimate of drug-likeness (QED) is 0.923. The van der Waals surface area contributed by atoms with Gasteiger partial charge in [0.2, 0.25) is 0 Å². The Morgan fingerprint density at radius 2 is 2.14 bits per heavy atom. The second-order valence-corrected chi connectivity index (χ2v) is 7.12. The van der Waals surface area contributed by atoms with E-state index in [2.05, 4.69) is 48.3 Å². The number of nitrogens with zero attached hydrogens (tertiary/aromatic N) is 1. The number of piperidine rings is 1. The predicted molar refractivity (Wildman–Crippen MR) is 88.1 cm³/mol. The van der Waals surface area contributed by atoms with Gasteiger partial charge in [0.1, 0.15) is 5.75 Å². The molecule has 0 saturated carbocycles. The molecule has 0 amide bonds. The SMILES string of the molecule is CC(C)(CN1CCCOc2ccccc21)C1CCCNC1. The van der Waals surface area contributed by atoms with Crippen LogP contribution in [0.4, 0.5) is 5.69 Å². The summed E-state index contributed by atoms with van der Waals surface area (Å²) in [5.74, 6) is 1.81. The van der Waals surface area contributed by atoms with E-state index in [4.69, 9.17) is 4.74 Å². The Balaban J connectivity index is 1.77. The lowest BCUT2D eigenvalue weighted by Crippen LogP contribution is -2.45. The fourth-order valence-corrected chi connectivity index (χ4v) is 3.70. The van der Waals surface area contributed by atoms with Gasteiger partial charge in [-0.3, -0.25) is 0 Å².